The second-order valence-electron chi connectivity index (χ2n) is 5.54. The number of aromatic nitrogens is 2. The van der Waals surface area contributed by atoms with Gasteiger partial charge in [0, 0.05) is 18.8 Å². The van der Waals surface area contributed by atoms with E-state index in [0.29, 0.717) is 48.0 Å². The Hall–Kier alpha value is -2.34. The van der Waals surface area contributed by atoms with Crippen LogP contribution in [0.2, 0.25) is 0 Å². The van der Waals surface area contributed by atoms with E-state index >= 15 is 0 Å². The quantitative estimate of drug-likeness (QED) is 0.665. The summed E-state index contributed by atoms with van der Waals surface area (Å²) in [6.45, 7) is 2.46. The molecule has 1 aromatic carbocycles. The molecule has 1 aliphatic rings. The van der Waals surface area contributed by atoms with Crippen molar-refractivity contribution in [3.05, 3.63) is 36.2 Å². The molecule has 3 rings (SSSR count). The molecule has 7 heteroatoms. The van der Waals surface area contributed by atoms with Crippen LogP contribution in [0.1, 0.15) is 36.7 Å². The second-order valence-corrected chi connectivity index (χ2v) is 5.92. The van der Waals surface area contributed by atoms with Crippen LogP contribution in [-0.2, 0) is 11.3 Å². The first kappa shape index (κ1) is 16.5. The Balaban J connectivity index is 2.08. The topological polar surface area (TPSA) is 67.2 Å². The van der Waals surface area contributed by atoms with E-state index in [0.717, 1.165) is 6.42 Å². The number of carbonyl (C=O) groups is 2. The Morgan fingerprint density at radius 1 is 1.25 bits per heavy atom. The number of para-hydroxylation sites is 2. The first-order chi connectivity index (χ1) is 11.7. The lowest BCUT2D eigenvalue weighted by molar-refractivity contribution is -0.118. The minimum absolute atomic E-state index is 0.0685. The Bertz CT molecular complexity index is 772. The monoisotopic (exact) mass is 346 g/mol. The number of hydrogen-bond acceptors (Lipinski definition) is 3. The zero-order valence-corrected chi connectivity index (χ0v) is 14.2. The van der Waals surface area contributed by atoms with Gasteiger partial charge in [-0.3, -0.25) is 19.2 Å². The van der Waals surface area contributed by atoms with E-state index in [1.54, 1.807) is 21.8 Å². The third-order valence-electron chi connectivity index (χ3n) is 3.99. The molecule has 24 heavy (non-hydrogen) atoms. The Labute approximate surface area is 145 Å². The van der Waals surface area contributed by atoms with Crippen molar-refractivity contribution < 1.29 is 9.59 Å². The fourth-order valence-electron chi connectivity index (χ4n) is 2.85. The van der Waals surface area contributed by atoms with Gasteiger partial charge in [-0.2, -0.15) is 5.10 Å². The van der Waals surface area contributed by atoms with Crippen LogP contribution >= 0.6 is 11.6 Å². The van der Waals surface area contributed by atoms with Gasteiger partial charge < -0.3 is 5.32 Å². The van der Waals surface area contributed by atoms with Crippen molar-refractivity contribution in [2.24, 2.45) is 0 Å². The molecule has 0 atom stereocenters. The number of alkyl halides is 1. The number of nitrogens with one attached hydrogen (secondary N) is 1. The predicted octanol–water partition coefficient (Wildman–Crippen LogP) is 3.54. The van der Waals surface area contributed by atoms with Crippen LogP contribution in [0.5, 0.6) is 0 Å². The van der Waals surface area contributed by atoms with Crippen molar-refractivity contribution >= 4 is 40.5 Å². The van der Waals surface area contributed by atoms with Crippen molar-refractivity contribution in [2.75, 3.05) is 16.1 Å². The number of hydrogen-bond donors (Lipinski definition) is 1. The van der Waals surface area contributed by atoms with Gasteiger partial charge in [0.2, 0.25) is 5.91 Å². The number of carbonyl (C=O) groups excluding carboxylic acids is 2. The number of aryl methyl sites for hydroxylation is 1. The number of nitrogens with zero attached hydrogens (tertiary/aromatic N) is 3. The highest BCUT2D eigenvalue weighted by Gasteiger charge is 2.32. The van der Waals surface area contributed by atoms with Gasteiger partial charge in [0.05, 0.1) is 23.3 Å². The van der Waals surface area contributed by atoms with E-state index in [1.165, 1.54) is 0 Å². The molecular formula is C17H19ClN4O2. The maximum Gasteiger partial charge on any atom is 0.276 e. The van der Waals surface area contributed by atoms with Gasteiger partial charge in [-0.05, 0) is 31.9 Å². The van der Waals surface area contributed by atoms with Crippen LogP contribution in [0.4, 0.5) is 17.1 Å². The van der Waals surface area contributed by atoms with Crippen LogP contribution in [0.25, 0.3) is 0 Å². The lowest BCUT2D eigenvalue weighted by Crippen LogP contribution is -2.26. The van der Waals surface area contributed by atoms with Crippen LogP contribution in [0.3, 0.4) is 0 Å². The fraction of sp³-hybridized carbons (Fsp3) is 0.353. The fourth-order valence-corrected chi connectivity index (χ4v) is 3.04. The molecule has 0 unspecified atom stereocenters. The van der Waals surface area contributed by atoms with E-state index in [2.05, 4.69) is 10.4 Å². The average Bonchev–Trinajstić information content (AvgIpc) is 2.95. The number of unbranched alkanes of at least 4 members (excludes halogenated alkanes) is 1. The number of fused-ring (bicyclic) bond motifs is 2. The highest BCUT2D eigenvalue weighted by molar-refractivity contribution is 6.18. The van der Waals surface area contributed by atoms with Crippen molar-refractivity contribution in [3.8, 4) is 0 Å². The first-order valence-corrected chi connectivity index (χ1v) is 8.56. The minimum atomic E-state index is -0.257. The van der Waals surface area contributed by atoms with Gasteiger partial charge in [-0.15, -0.1) is 11.6 Å². The van der Waals surface area contributed by atoms with Gasteiger partial charge in [-0.1, -0.05) is 12.1 Å². The summed E-state index contributed by atoms with van der Waals surface area (Å²) in [5.41, 5.74) is 2.21. The summed E-state index contributed by atoms with van der Waals surface area (Å²) in [5.74, 6) is 0.206. The average molecular weight is 347 g/mol. The molecule has 0 saturated heterocycles. The standard InChI is InChI=1S/C17H19ClN4O2/c1-2-21-16-14(11-19-21)22(15(23)9-5-6-10-18)13-8-4-3-7-12(13)20-17(16)24/h3-4,7-8,11H,2,5-6,9-10H2,1H3,(H,20,24). The van der Waals surface area contributed by atoms with Crippen molar-refractivity contribution in [1.29, 1.82) is 0 Å². The molecule has 0 fully saturated rings. The molecule has 0 radical (unpaired) electrons. The second kappa shape index (κ2) is 7.05. The van der Waals surface area contributed by atoms with Gasteiger partial charge in [0.1, 0.15) is 0 Å². The van der Waals surface area contributed by atoms with E-state index in [9.17, 15) is 9.59 Å². The first-order valence-electron chi connectivity index (χ1n) is 8.02. The predicted molar refractivity (Wildman–Crippen MR) is 94.0 cm³/mol. The van der Waals surface area contributed by atoms with Crippen LogP contribution in [-0.4, -0.2) is 27.5 Å². The zero-order chi connectivity index (χ0) is 17.1. The lowest BCUT2D eigenvalue weighted by Gasteiger charge is -2.22. The summed E-state index contributed by atoms with van der Waals surface area (Å²) in [4.78, 5) is 27.1. The van der Waals surface area contributed by atoms with E-state index in [-0.39, 0.29) is 11.8 Å². The molecule has 2 amide bonds. The molecule has 126 valence electrons. The third-order valence-corrected chi connectivity index (χ3v) is 4.26. The van der Waals surface area contributed by atoms with Crippen LogP contribution < -0.4 is 10.2 Å². The third kappa shape index (κ3) is 2.89. The zero-order valence-electron chi connectivity index (χ0n) is 13.5. The minimum Gasteiger partial charge on any atom is -0.319 e. The molecule has 0 saturated carbocycles. The van der Waals surface area contributed by atoms with E-state index in [4.69, 9.17) is 11.6 Å². The molecule has 0 aliphatic carbocycles. The molecule has 0 bridgehead atoms. The lowest BCUT2D eigenvalue weighted by atomic mass is 10.2. The highest BCUT2D eigenvalue weighted by atomic mass is 35.5. The van der Waals surface area contributed by atoms with Gasteiger partial charge in [-0.25, -0.2) is 0 Å². The number of benzene rings is 1. The molecule has 2 aromatic rings. The van der Waals surface area contributed by atoms with Gasteiger partial charge in [0.15, 0.2) is 5.69 Å². The number of halogens is 1. The molecule has 0 spiro atoms. The maximum atomic E-state index is 12.9. The number of amides is 2. The highest BCUT2D eigenvalue weighted by Crippen LogP contribution is 2.38. The van der Waals surface area contributed by atoms with E-state index in [1.807, 2.05) is 25.1 Å². The summed E-state index contributed by atoms with van der Waals surface area (Å²) in [6, 6.07) is 7.30. The summed E-state index contributed by atoms with van der Waals surface area (Å²) in [5, 5.41) is 7.13. The largest absolute Gasteiger partial charge is 0.319 e. The van der Waals surface area contributed by atoms with Crippen molar-refractivity contribution in [3.63, 3.8) is 0 Å². The maximum absolute atomic E-state index is 12.9. The summed E-state index contributed by atoms with van der Waals surface area (Å²) >= 11 is 5.71. The Morgan fingerprint density at radius 2 is 2.04 bits per heavy atom. The molecule has 2 heterocycles. The smallest absolute Gasteiger partial charge is 0.276 e. The number of anilines is 3. The van der Waals surface area contributed by atoms with Crippen LogP contribution in [0.15, 0.2) is 30.5 Å². The van der Waals surface area contributed by atoms with E-state index < -0.39 is 0 Å². The molecular weight excluding hydrogens is 328 g/mol. The van der Waals surface area contributed by atoms with Crippen LogP contribution in [0, 0.1) is 0 Å². The molecule has 1 aliphatic heterocycles. The molecule has 6 nitrogen and oxygen atoms in total. The summed E-state index contributed by atoms with van der Waals surface area (Å²) in [7, 11) is 0. The molecule has 1 aromatic heterocycles. The Kier molecular flexibility index (Phi) is 4.85. The van der Waals surface area contributed by atoms with Gasteiger partial charge >= 0.3 is 0 Å². The summed E-state index contributed by atoms with van der Waals surface area (Å²) < 4.78 is 1.61. The van der Waals surface area contributed by atoms with Crippen molar-refractivity contribution in [2.45, 2.75) is 32.7 Å². The van der Waals surface area contributed by atoms with Gasteiger partial charge in [0.25, 0.3) is 5.91 Å². The SMILES string of the molecule is CCn1ncc2c1C(=O)Nc1ccccc1N2C(=O)CCCCCl. The van der Waals surface area contributed by atoms with Crippen molar-refractivity contribution in [1.82, 2.24) is 9.78 Å². The molecule has 1 N–H and O–H groups in total. The Morgan fingerprint density at radius 3 is 2.79 bits per heavy atom. The normalized spacial score (nSPS) is 13.1. The summed E-state index contributed by atoms with van der Waals surface area (Å²) in [6.07, 6.45) is 3.44. The number of rotatable bonds is 5.